The molecule has 0 bridgehead atoms. The maximum Gasteiger partial charge on any atom is 0.259 e. The summed E-state index contributed by atoms with van der Waals surface area (Å²) in [6.07, 6.45) is 1.59. The fourth-order valence-electron chi connectivity index (χ4n) is 3.66. The lowest BCUT2D eigenvalue weighted by Gasteiger charge is -2.15. The standard InChI is InChI=1S/C24H22FN3O2/c1-4-15-9-8-10-16(5-2)22(15)27-23(29)18-13-20(17-11-6-7-12-19(17)25)26-24-21(18)14(3)28-30-24/h6-13H,4-5H2,1-3H3,(H,27,29). The van der Waals surface area contributed by atoms with Crippen LogP contribution in [0.3, 0.4) is 0 Å². The van der Waals surface area contributed by atoms with Gasteiger partial charge in [0.15, 0.2) is 0 Å². The summed E-state index contributed by atoms with van der Waals surface area (Å²) in [5.74, 6) is -0.724. The van der Waals surface area contributed by atoms with E-state index in [1.807, 2.05) is 18.2 Å². The molecule has 30 heavy (non-hydrogen) atoms. The minimum atomic E-state index is -0.420. The Balaban J connectivity index is 1.85. The lowest BCUT2D eigenvalue weighted by molar-refractivity contribution is 0.102. The largest absolute Gasteiger partial charge is 0.335 e. The highest BCUT2D eigenvalue weighted by atomic mass is 19.1. The second-order valence-electron chi connectivity index (χ2n) is 7.10. The van der Waals surface area contributed by atoms with Gasteiger partial charge in [0, 0.05) is 11.3 Å². The summed E-state index contributed by atoms with van der Waals surface area (Å²) < 4.78 is 19.7. The molecule has 0 aliphatic carbocycles. The van der Waals surface area contributed by atoms with Gasteiger partial charge in [0.05, 0.1) is 22.3 Å². The zero-order valence-corrected chi connectivity index (χ0v) is 17.1. The molecule has 2 aromatic heterocycles. The average molecular weight is 403 g/mol. The molecule has 2 heterocycles. The fourth-order valence-corrected chi connectivity index (χ4v) is 3.66. The molecule has 2 aromatic carbocycles. The number of aryl methyl sites for hydroxylation is 3. The van der Waals surface area contributed by atoms with Gasteiger partial charge in [-0.05, 0) is 49.1 Å². The van der Waals surface area contributed by atoms with Crippen LogP contribution in [0.25, 0.3) is 22.4 Å². The Morgan fingerprint density at radius 2 is 1.77 bits per heavy atom. The van der Waals surface area contributed by atoms with E-state index in [0.29, 0.717) is 27.9 Å². The molecular formula is C24H22FN3O2. The summed E-state index contributed by atoms with van der Waals surface area (Å²) in [5.41, 5.74) is 4.67. The van der Waals surface area contributed by atoms with Crippen LogP contribution in [0.5, 0.6) is 0 Å². The van der Waals surface area contributed by atoms with Crippen LogP contribution in [0.1, 0.15) is 41.0 Å². The predicted molar refractivity (Wildman–Crippen MR) is 115 cm³/mol. The Bertz CT molecular complexity index is 1220. The molecule has 1 amide bonds. The first-order chi connectivity index (χ1) is 14.5. The minimum Gasteiger partial charge on any atom is -0.335 e. The van der Waals surface area contributed by atoms with E-state index in [0.717, 1.165) is 29.7 Å². The van der Waals surface area contributed by atoms with E-state index in [9.17, 15) is 9.18 Å². The van der Waals surface area contributed by atoms with Crippen LogP contribution in [0, 0.1) is 12.7 Å². The number of amides is 1. The molecule has 0 aliphatic rings. The van der Waals surface area contributed by atoms with Crippen molar-refractivity contribution < 1.29 is 13.7 Å². The molecule has 5 nitrogen and oxygen atoms in total. The minimum absolute atomic E-state index is 0.206. The molecular weight excluding hydrogens is 381 g/mol. The van der Waals surface area contributed by atoms with Crippen molar-refractivity contribution in [1.29, 1.82) is 0 Å². The van der Waals surface area contributed by atoms with E-state index in [-0.39, 0.29) is 11.6 Å². The number of pyridine rings is 1. The zero-order valence-electron chi connectivity index (χ0n) is 17.1. The van der Waals surface area contributed by atoms with Crippen molar-refractivity contribution in [2.45, 2.75) is 33.6 Å². The number of hydrogen-bond donors (Lipinski definition) is 1. The molecule has 152 valence electrons. The molecule has 0 unspecified atom stereocenters. The van der Waals surface area contributed by atoms with Crippen LogP contribution in [0.4, 0.5) is 10.1 Å². The number of halogens is 1. The van der Waals surface area contributed by atoms with Gasteiger partial charge in [-0.25, -0.2) is 9.37 Å². The van der Waals surface area contributed by atoms with E-state index in [1.165, 1.54) is 6.07 Å². The van der Waals surface area contributed by atoms with E-state index in [4.69, 9.17) is 4.52 Å². The van der Waals surface area contributed by atoms with Crippen molar-refractivity contribution in [2.75, 3.05) is 5.32 Å². The monoisotopic (exact) mass is 403 g/mol. The van der Waals surface area contributed by atoms with Crippen LogP contribution < -0.4 is 5.32 Å². The van der Waals surface area contributed by atoms with Crippen LogP contribution in [0.15, 0.2) is 53.1 Å². The molecule has 0 fully saturated rings. The number of rotatable bonds is 5. The van der Waals surface area contributed by atoms with Crippen molar-refractivity contribution in [3.05, 3.63) is 76.7 Å². The number of anilines is 1. The number of aromatic nitrogens is 2. The summed E-state index contributed by atoms with van der Waals surface area (Å²) in [6.45, 7) is 5.86. The highest BCUT2D eigenvalue weighted by molar-refractivity contribution is 6.13. The Morgan fingerprint density at radius 1 is 1.07 bits per heavy atom. The van der Waals surface area contributed by atoms with Crippen molar-refractivity contribution in [3.8, 4) is 11.3 Å². The number of carbonyl (C=O) groups is 1. The first-order valence-electron chi connectivity index (χ1n) is 9.97. The Kier molecular flexibility index (Phi) is 5.31. The van der Waals surface area contributed by atoms with Gasteiger partial charge < -0.3 is 9.84 Å². The van der Waals surface area contributed by atoms with Gasteiger partial charge in [-0.2, -0.15) is 0 Å². The van der Waals surface area contributed by atoms with Gasteiger partial charge in [0.1, 0.15) is 5.82 Å². The van der Waals surface area contributed by atoms with Crippen molar-refractivity contribution in [2.24, 2.45) is 0 Å². The molecule has 0 atom stereocenters. The van der Waals surface area contributed by atoms with E-state index >= 15 is 0 Å². The number of hydrogen-bond acceptors (Lipinski definition) is 4. The summed E-state index contributed by atoms with van der Waals surface area (Å²) in [6, 6.07) is 13.9. The van der Waals surface area contributed by atoms with Gasteiger partial charge in [0.25, 0.3) is 11.6 Å². The summed E-state index contributed by atoms with van der Waals surface area (Å²) in [7, 11) is 0. The highest BCUT2D eigenvalue weighted by Crippen LogP contribution is 2.30. The first kappa shape index (κ1) is 19.8. The smallest absolute Gasteiger partial charge is 0.259 e. The van der Waals surface area contributed by atoms with Crippen molar-refractivity contribution in [1.82, 2.24) is 10.1 Å². The second kappa shape index (κ2) is 8.06. The normalized spacial score (nSPS) is 11.1. The number of para-hydroxylation sites is 1. The van der Waals surface area contributed by atoms with Gasteiger partial charge >= 0.3 is 0 Å². The Labute approximate surface area is 173 Å². The van der Waals surface area contributed by atoms with Crippen LogP contribution in [0.2, 0.25) is 0 Å². The molecule has 0 saturated carbocycles. The SMILES string of the molecule is CCc1cccc(CC)c1NC(=O)c1cc(-c2ccccc2F)nc2onc(C)c12. The zero-order chi connectivity index (χ0) is 21.3. The summed E-state index contributed by atoms with van der Waals surface area (Å²) in [5, 5.41) is 7.56. The van der Waals surface area contributed by atoms with Gasteiger partial charge in [-0.15, -0.1) is 0 Å². The predicted octanol–water partition coefficient (Wildman–Crippen LogP) is 5.71. The molecule has 4 rings (SSSR count). The van der Waals surface area contributed by atoms with Gasteiger partial charge in [0.2, 0.25) is 0 Å². The Morgan fingerprint density at radius 3 is 2.43 bits per heavy atom. The maximum absolute atomic E-state index is 14.4. The third-order valence-corrected chi connectivity index (χ3v) is 5.25. The third kappa shape index (κ3) is 3.45. The van der Waals surface area contributed by atoms with Crippen LogP contribution >= 0.6 is 0 Å². The maximum atomic E-state index is 14.4. The first-order valence-corrected chi connectivity index (χ1v) is 9.97. The van der Waals surface area contributed by atoms with Crippen molar-refractivity contribution in [3.63, 3.8) is 0 Å². The molecule has 0 spiro atoms. The molecule has 0 saturated heterocycles. The molecule has 0 aliphatic heterocycles. The third-order valence-electron chi connectivity index (χ3n) is 5.25. The quantitative estimate of drug-likeness (QED) is 0.463. The fraction of sp³-hybridized carbons (Fsp3) is 0.208. The summed E-state index contributed by atoms with van der Waals surface area (Å²) >= 11 is 0. The lowest BCUT2D eigenvalue weighted by Crippen LogP contribution is -2.16. The summed E-state index contributed by atoms with van der Waals surface area (Å²) in [4.78, 5) is 17.8. The highest BCUT2D eigenvalue weighted by Gasteiger charge is 2.21. The van der Waals surface area contributed by atoms with Gasteiger partial charge in [-0.1, -0.05) is 49.3 Å². The number of nitrogens with zero attached hydrogens (tertiary/aromatic N) is 2. The molecule has 0 radical (unpaired) electrons. The Hall–Kier alpha value is -3.54. The van der Waals surface area contributed by atoms with E-state index in [2.05, 4.69) is 29.3 Å². The van der Waals surface area contributed by atoms with Crippen molar-refractivity contribution >= 4 is 22.7 Å². The van der Waals surface area contributed by atoms with Gasteiger partial charge in [-0.3, -0.25) is 4.79 Å². The molecule has 6 heteroatoms. The lowest BCUT2D eigenvalue weighted by atomic mass is 10.0. The number of carbonyl (C=O) groups excluding carboxylic acids is 1. The number of fused-ring (bicyclic) bond motifs is 1. The van der Waals surface area contributed by atoms with E-state index in [1.54, 1.807) is 31.2 Å². The molecule has 1 N–H and O–H groups in total. The topological polar surface area (TPSA) is 68.0 Å². The number of benzene rings is 2. The molecule has 4 aromatic rings. The van der Waals surface area contributed by atoms with Crippen LogP contribution in [-0.2, 0) is 12.8 Å². The van der Waals surface area contributed by atoms with Crippen LogP contribution in [-0.4, -0.2) is 16.0 Å². The average Bonchev–Trinajstić information content (AvgIpc) is 3.14. The second-order valence-corrected chi connectivity index (χ2v) is 7.10. The van der Waals surface area contributed by atoms with E-state index < -0.39 is 5.82 Å². The number of nitrogens with one attached hydrogen (secondary N) is 1.